The van der Waals surface area contributed by atoms with Gasteiger partial charge in [0.25, 0.3) is 5.91 Å². The van der Waals surface area contributed by atoms with Crippen LogP contribution in [0.1, 0.15) is 41.7 Å². The van der Waals surface area contributed by atoms with Crippen molar-refractivity contribution in [3.8, 4) is 0 Å². The van der Waals surface area contributed by atoms with Crippen molar-refractivity contribution in [3.63, 3.8) is 0 Å². The zero-order valence-corrected chi connectivity index (χ0v) is 17.6. The van der Waals surface area contributed by atoms with Gasteiger partial charge in [-0.25, -0.2) is 0 Å². The number of hydrogen-bond donors (Lipinski definition) is 2. The van der Waals surface area contributed by atoms with Gasteiger partial charge in [-0.3, -0.25) is 4.79 Å². The molecule has 0 aliphatic carbocycles. The zero-order chi connectivity index (χ0) is 20.1. The molecule has 0 radical (unpaired) electrons. The highest BCUT2D eigenvalue weighted by Crippen LogP contribution is 2.22. The van der Waals surface area contributed by atoms with Crippen molar-refractivity contribution in [1.29, 1.82) is 0 Å². The number of thiocarbonyl (C=S) groups is 1. The second-order valence-electron chi connectivity index (χ2n) is 7.38. The molecule has 148 valence electrons. The molecular weight excluding hydrogens is 368 g/mol. The first-order valence-corrected chi connectivity index (χ1v) is 10.1. The number of nitrogens with zero attached hydrogens (tertiary/aromatic N) is 2. The van der Waals surface area contributed by atoms with Crippen molar-refractivity contribution >= 4 is 34.6 Å². The van der Waals surface area contributed by atoms with Gasteiger partial charge in [0, 0.05) is 44.1 Å². The molecule has 1 aliphatic rings. The van der Waals surface area contributed by atoms with Crippen LogP contribution < -0.4 is 15.5 Å². The van der Waals surface area contributed by atoms with Crippen molar-refractivity contribution in [2.45, 2.75) is 25.8 Å². The fourth-order valence-electron chi connectivity index (χ4n) is 3.35. The predicted molar refractivity (Wildman–Crippen MR) is 120 cm³/mol. The van der Waals surface area contributed by atoms with Crippen LogP contribution in [-0.4, -0.2) is 43.1 Å². The normalized spacial score (nSPS) is 14.5. The lowest BCUT2D eigenvalue weighted by atomic mass is 10.1. The number of carbonyl (C=O) groups is 1. The first kappa shape index (κ1) is 20.1. The Labute approximate surface area is 172 Å². The van der Waals surface area contributed by atoms with Crippen LogP contribution in [0, 0.1) is 0 Å². The molecule has 1 fully saturated rings. The average Bonchev–Trinajstić information content (AvgIpc) is 3.22. The first-order chi connectivity index (χ1) is 13.4. The van der Waals surface area contributed by atoms with Crippen LogP contribution in [0.4, 0.5) is 11.4 Å². The number of amides is 1. The summed E-state index contributed by atoms with van der Waals surface area (Å²) in [7, 11) is 3.49. The smallest absolute Gasteiger partial charge is 0.253 e. The molecule has 28 heavy (non-hydrogen) atoms. The Kier molecular flexibility index (Phi) is 6.52. The lowest BCUT2D eigenvalue weighted by Gasteiger charge is -2.20. The Morgan fingerprint density at radius 2 is 1.64 bits per heavy atom. The lowest BCUT2D eigenvalue weighted by Crippen LogP contribution is -2.31. The van der Waals surface area contributed by atoms with Crippen LogP contribution in [0.5, 0.6) is 0 Å². The fourth-order valence-corrected chi connectivity index (χ4v) is 3.65. The molecular formula is C22H28N4OS. The van der Waals surface area contributed by atoms with Gasteiger partial charge in [-0.15, -0.1) is 0 Å². The van der Waals surface area contributed by atoms with E-state index in [9.17, 15) is 4.79 Å². The van der Waals surface area contributed by atoms with Gasteiger partial charge in [0.15, 0.2) is 5.11 Å². The van der Waals surface area contributed by atoms with Crippen LogP contribution in [0.25, 0.3) is 0 Å². The first-order valence-electron chi connectivity index (χ1n) is 9.68. The molecule has 1 atom stereocenters. The van der Waals surface area contributed by atoms with Gasteiger partial charge < -0.3 is 20.4 Å². The number of anilines is 2. The van der Waals surface area contributed by atoms with E-state index in [1.54, 1.807) is 31.1 Å². The molecule has 2 aromatic rings. The van der Waals surface area contributed by atoms with Crippen molar-refractivity contribution in [2.75, 3.05) is 37.4 Å². The summed E-state index contributed by atoms with van der Waals surface area (Å²) < 4.78 is 0. The van der Waals surface area contributed by atoms with Crippen molar-refractivity contribution in [2.24, 2.45) is 0 Å². The standard InChI is InChI=1S/C22H28N4OS/c1-16(17-8-12-20(13-9-17)26-14-4-5-15-26)23-22(28)24-19-10-6-18(7-11-19)21(27)25(2)3/h6-13,16H,4-5,14-15H2,1-3H3,(H2,23,24,28). The molecule has 2 N–H and O–H groups in total. The number of benzene rings is 2. The predicted octanol–water partition coefficient (Wildman–Crippen LogP) is 4.04. The largest absolute Gasteiger partial charge is 0.372 e. The van der Waals surface area contributed by atoms with E-state index in [4.69, 9.17) is 12.2 Å². The van der Waals surface area contributed by atoms with Gasteiger partial charge in [0.2, 0.25) is 0 Å². The van der Waals surface area contributed by atoms with Gasteiger partial charge >= 0.3 is 0 Å². The van der Waals surface area contributed by atoms with E-state index in [2.05, 4.69) is 46.7 Å². The van der Waals surface area contributed by atoms with Crippen molar-refractivity contribution in [3.05, 3.63) is 59.7 Å². The quantitative estimate of drug-likeness (QED) is 0.747. The van der Waals surface area contributed by atoms with E-state index < -0.39 is 0 Å². The zero-order valence-electron chi connectivity index (χ0n) is 16.7. The Bertz CT molecular complexity index is 811. The SMILES string of the molecule is CC(NC(=S)Nc1ccc(C(=O)N(C)C)cc1)c1ccc(N2CCCC2)cc1. The van der Waals surface area contributed by atoms with E-state index in [-0.39, 0.29) is 11.9 Å². The average molecular weight is 397 g/mol. The van der Waals surface area contributed by atoms with E-state index in [0.29, 0.717) is 10.7 Å². The minimum Gasteiger partial charge on any atom is -0.372 e. The third-order valence-electron chi connectivity index (χ3n) is 5.01. The Morgan fingerprint density at radius 1 is 1.04 bits per heavy atom. The summed E-state index contributed by atoms with van der Waals surface area (Å²) in [5, 5.41) is 7.06. The molecule has 1 amide bonds. The fraction of sp³-hybridized carbons (Fsp3) is 0.364. The third kappa shape index (κ3) is 5.01. The third-order valence-corrected chi connectivity index (χ3v) is 5.23. The van der Waals surface area contributed by atoms with E-state index in [1.807, 2.05) is 12.1 Å². The Morgan fingerprint density at radius 3 is 2.21 bits per heavy atom. The van der Waals surface area contributed by atoms with Crippen LogP contribution >= 0.6 is 12.2 Å². The highest BCUT2D eigenvalue weighted by Gasteiger charge is 2.13. The summed E-state index contributed by atoms with van der Waals surface area (Å²) in [6, 6.07) is 16.1. The van der Waals surface area contributed by atoms with Gasteiger partial charge in [-0.1, -0.05) is 12.1 Å². The Hall–Kier alpha value is -2.60. The highest BCUT2D eigenvalue weighted by molar-refractivity contribution is 7.80. The van der Waals surface area contributed by atoms with Crippen LogP contribution in [-0.2, 0) is 0 Å². The molecule has 5 nitrogen and oxygen atoms in total. The molecule has 0 saturated carbocycles. The summed E-state index contributed by atoms with van der Waals surface area (Å²) in [4.78, 5) is 15.9. The number of carbonyl (C=O) groups excluding carboxylic acids is 1. The number of hydrogen-bond acceptors (Lipinski definition) is 3. The molecule has 1 saturated heterocycles. The topological polar surface area (TPSA) is 47.6 Å². The van der Waals surface area contributed by atoms with E-state index in [0.717, 1.165) is 18.8 Å². The molecule has 3 rings (SSSR count). The van der Waals surface area contributed by atoms with Gasteiger partial charge in [-0.05, 0) is 73.9 Å². The molecule has 2 aromatic carbocycles. The summed E-state index contributed by atoms with van der Waals surface area (Å²) in [6.07, 6.45) is 2.56. The monoisotopic (exact) mass is 396 g/mol. The van der Waals surface area contributed by atoms with E-state index in [1.165, 1.54) is 24.1 Å². The maximum absolute atomic E-state index is 12.0. The van der Waals surface area contributed by atoms with Crippen LogP contribution in [0.15, 0.2) is 48.5 Å². The van der Waals surface area contributed by atoms with Crippen LogP contribution in [0.2, 0.25) is 0 Å². The highest BCUT2D eigenvalue weighted by atomic mass is 32.1. The summed E-state index contributed by atoms with van der Waals surface area (Å²) >= 11 is 5.45. The van der Waals surface area contributed by atoms with Crippen LogP contribution in [0.3, 0.4) is 0 Å². The molecule has 0 spiro atoms. The number of rotatable bonds is 5. The molecule has 0 aromatic heterocycles. The van der Waals surface area contributed by atoms with Crippen molar-refractivity contribution < 1.29 is 4.79 Å². The second kappa shape index (κ2) is 9.06. The Balaban J connectivity index is 1.54. The van der Waals surface area contributed by atoms with Gasteiger partial charge in [0.1, 0.15) is 0 Å². The second-order valence-corrected chi connectivity index (χ2v) is 7.79. The number of nitrogens with one attached hydrogen (secondary N) is 2. The molecule has 0 bridgehead atoms. The summed E-state index contributed by atoms with van der Waals surface area (Å²) in [6.45, 7) is 4.40. The molecule has 1 heterocycles. The maximum Gasteiger partial charge on any atom is 0.253 e. The molecule has 1 aliphatic heterocycles. The summed E-state index contributed by atoms with van der Waals surface area (Å²) in [5.74, 6) is -0.0155. The van der Waals surface area contributed by atoms with E-state index >= 15 is 0 Å². The maximum atomic E-state index is 12.0. The van der Waals surface area contributed by atoms with Gasteiger partial charge in [-0.2, -0.15) is 0 Å². The minimum atomic E-state index is -0.0155. The molecule has 6 heteroatoms. The van der Waals surface area contributed by atoms with Crippen molar-refractivity contribution in [1.82, 2.24) is 10.2 Å². The lowest BCUT2D eigenvalue weighted by molar-refractivity contribution is 0.0827. The minimum absolute atomic E-state index is 0.0155. The summed E-state index contributed by atoms with van der Waals surface area (Å²) in [5.41, 5.74) is 3.99. The molecule has 1 unspecified atom stereocenters. The van der Waals surface area contributed by atoms with Gasteiger partial charge in [0.05, 0.1) is 6.04 Å².